The van der Waals surface area contributed by atoms with E-state index in [-0.39, 0.29) is 0 Å². The molecule has 2 N–H and O–H groups in total. The zero-order chi connectivity index (χ0) is 11.4. The molecular weight excluding hydrogens is 194 g/mol. The van der Waals surface area contributed by atoms with Crippen molar-refractivity contribution < 1.29 is 0 Å². The summed E-state index contributed by atoms with van der Waals surface area (Å²) in [5.74, 6) is 0. The number of nitrogen functional groups attached to an aromatic ring is 1. The second-order valence-corrected chi connectivity index (χ2v) is 3.66. The first-order chi connectivity index (χ1) is 7.83. The highest BCUT2D eigenvalue weighted by Gasteiger charge is 2.05. The van der Waals surface area contributed by atoms with Crippen LogP contribution in [0.2, 0.25) is 0 Å². The van der Waals surface area contributed by atoms with Gasteiger partial charge in [0.05, 0.1) is 0 Å². The molecule has 0 amide bonds. The van der Waals surface area contributed by atoms with Crippen molar-refractivity contribution >= 4 is 11.3 Å². The van der Waals surface area contributed by atoms with Crippen LogP contribution >= 0.6 is 0 Å². The molecule has 0 aliphatic heterocycles. The highest BCUT2D eigenvalue weighted by atomic mass is 14.6. The Bertz CT molecular complexity index is 498. The molecule has 0 atom stereocenters. The van der Waals surface area contributed by atoms with Gasteiger partial charge < -0.3 is 5.73 Å². The van der Waals surface area contributed by atoms with Gasteiger partial charge >= 0.3 is 0 Å². The van der Waals surface area contributed by atoms with Crippen molar-refractivity contribution in [1.82, 2.24) is 0 Å². The molecule has 0 heterocycles. The van der Waals surface area contributed by atoms with E-state index in [0.29, 0.717) is 0 Å². The lowest BCUT2D eigenvalue weighted by molar-refractivity contribution is 1.52. The van der Waals surface area contributed by atoms with Gasteiger partial charge in [0.15, 0.2) is 0 Å². The third-order valence-corrected chi connectivity index (χ3v) is 2.62. The first-order valence-electron chi connectivity index (χ1n) is 5.39. The summed E-state index contributed by atoms with van der Waals surface area (Å²) >= 11 is 0. The maximum atomic E-state index is 5.99. The molecule has 1 nitrogen and oxygen atoms in total. The molecule has 0 spiro atoms. The predicted octanol–water partition coefficient (Wildman–Crippen LogP) is 3.72. The van der Waals surface area contributed by atoms with E-state index in [9.17, 15) is 0 Å². The molecule has 0 aliphatic rings. The number of para-hydroxylation sites is 1. The molecule has 0 fully saturated rings. The lowest BCUT2D eigenvalue weighted by Gasteiger charge is -2.10. The van der Waals surface area contributed by atoms with Crippen LogP contribution in [-0.2, 0) is 0 Å². The number of anilines is 1. The molecule has 0 radical (unpaired) electrons. The van der Waals surface area contributed by atoms with Crippen LogP contribution in [0.4, 0.5) is 5.69 Å². The Morgan fingerprint density at radius 3 is 2.19 bits per heavy atom. The van der Waals surface area contributed by atoms with Crippen molar-refractivity contribution in [3.8, 4) is 0 Å². The summed E-state index contributed by atoms with van der Waals surface area (Å²) in [5.41, 5.74) is 10.3. The number of hydrogen-bond donors (Lipinski definition) is 1. The largest absolute Gasteiger partial charge is 0.398 e. The standard InChI is InChI=1S/C15H15N/c1-2-13(12-8-4-3-5-9-12)14-10-6-7-11-15(14)16/h2-11H,16H2,1H3. The lowest BCUT2D eigenvalue weighted by atomic mass is 9.96. The first kappa shape index (κ1) is 10.5. The first-order valence-corrected chi connectivity index (χ1v) is 5.39. The molecule has 2 aromatic carbocycles. The van der Waals surface area contributed by atoms with Crippen LogP contribution in [0.1, 0.15) is 18.1 Å². The van der Waals surface area contributed by atoms with Crippen molar-refractivity contribution in [1.29, 1.82) is 0 Å². The third kappa shape index (κ3) is 1.98. The summed E-state index contributed by atoms with van der Waals surface area (Å²) < 4.78 is 0. The minimum atomic E-state index is 0.819. The molecule has 2 aromatic rings. The molecule has 1 heteroatoms. The summed E-state index contributed by atoms with van der Waals surface area (Å²) in [4.78, 5) is 0. The monoisotopic (exact) mass is 209 g/mol. The Labute approximate surface area is 96.2 Å². The molecule has 0 saturated heterocycles. The molecule has 2 rings (SSSR count). The number of benzene rings is 2. The summed E-state index contributed by atoms with van der Waals surface area (Å²) in [6.07, 6.45) is 2.10. The fourth-order valence-electron chi connectivity index (χ4n) is 1.84. The van der Waals surface area contributed by atoms with Crippen molar-refractivity contribution in [2.75, 3.05) is 5.73 Å². The van der Waals surface area contributed by atoms with E-state index in [4.69, 9.17) is 5.73 Å². The van der Waals surface area contributed by atoms with E-state index >= 15 is 0 Å². The van der Waals surface area contributed by atoms with Gasteiger partial charge in [0.25, 0.3) is 0 Å². The van der Waals surface area contributed by atoms with Gasteiger partial charge in [0, 0.05) is 11.3 Å². The van der Waals surface area contributed by atoms with E-state index in [1.807, 2.05) is 43.3 Å². The smallest absolute Gasteiger partial charge is 0.0393 e. The van der Waals surface area contributed by atoms with E-state index in [0.717, 1.165) is 11.3 Å². The van der Waals surface area contributed by atoms with Crippen LogP contribution in [0.25, 0.3) is 5.57 Å². The van der Waals surface area contributed by atoms with Crippen LogP contribution in [0.5, 0.6) is 0 Å². The van der Waals surface area contributed by atoms with Crippen LogP contribution in [0.15, 0.2) is 60.7 Å². The summed E-state index contributed by atoms with van der Waals surface area (Å²) in [6, 6.07) is 18.2. The number of hydrogen-bond acceptors (Lipinski definition) is 1. The fourth-order valence-corrected chi connectivity index (χ4v) is 1.84. The van der Waals surface area contributed by atoms with Crippen LogP contribution in [0.3, 0.4) is 0 Å². The number of rotatable bonds is 2. The zero-order valence-electron chi connectivity index (χ0n) is 9.35. The van der Waals surface area contributed by atoms with Crippen LogP contribution in [0, 0.1) is 0 Å². The van der Waals surface area contributed by atoms with Crippen molar-refractivity contribution in [2.24, 2.45) is 0 Å². The van der Waals surface area contributed by atoms with Crippen molar-refractivity contribution in [3.05, 3.63) is 71.8 Å². The van der Waals surface area contributed by atoms with E-state index in [1.165, 1.54) is 11.1 Å². The Morgan fingerprint density at radius 2 is 1.56 bits per heavy atom. The second kappa shape index (κ2) is 4.67. The highest BCUT2D eigenvalue weighted by molar-refractivity contribution is 5.85. The molecular formula is C15H15N. The maximum absolute atomic E-state index is 5.99. The van der Waals surface area contributed by atoms with Gasteiger partial charge in [0.1, 0.15) is 0 Å². The molecule has 0 unspecified atom stereocenters. The van der Waals surface area contributed by atoms with Crippen LogP contribution in [-0.4, -0.2) is 0 Å². The van der Waals surface area contributed by atoms with E-state index in [1.54, 1.807) is 0 Å². The number of nitrogens with two attached hydrogens (primary N) is 1. The molecule has 0 saturated carbocycles. The van der Waals surface area contributed by atoms with Crippen molar-refractivity contribution in [2.45, 2.75) is 6.92 Å². The van der Waals surface area contributed by atoms with E-state index in [2.05, 4.69) is 24.3 Å². The Balaban J connectivity index is 2.51. The summed E-state index contributed by atoms with van der Waals surface area (Å²) in [7, 11) is 0. The van der Waals surface area contributed by atoms with Gasteiger partial charge in [-0.2, -0.15) is 0 Å². The normalized spacial score (nSPS) is 11.4. The minimum absolute atomic E-state index is 0.819. The van der Waals surface area contributed by atoms with Crippen LogP contribution < -0.4 is 5.73 Å². The van der Waals surface area contributed by atoms with E-state index < -0.39 is 0 Å². The lowest BCUT2D eigenvalue weighted by Crippen LogP contribution is -1.94. The Hall–Kier alpha value is -2.02. The summed E-state index contributed by atoms with van der Waals surface area (Å²) in [6.45, 7) is 2.04. The van der Waals surface area contributed by atoms with Crippen molar-refractivity contribution in [3.63, 3.8) is 0 Å². The molecule has 0 bridgehead atoms. The molecule has 0 aromatic heterocycles. The molecule has 80 valence electrons. The van der Waals surface area contributed by atoms with Gasteiger partial charge in [-0.15, -0.1) is 0 Å². The second-order valence-electron chi connectivity index (χ2n) is 3.66. The quantitative estimate of drug-likeness (QED) is 0.749. The summed E-state index contributed by atoms with van der Waals surface area (Å²) in [5, 5.41) is 0. The van der Waals surface area contributed by atoms with Gasteiger partial charge in [-0.25, -0.2) is 0 Å². The Kier molecular flexibility index (Phi) is 3.06. The average molecular weight is 209 g/mol. The van der Waals surface area contributed by atoms with Gasteiger partial charge in [-0.1, -0.05) is 54.6 Å². The SMILES string of the molecule is CC=C(c1ccccc1)c1ccccc1N. The van der Waals surface area contributed by atoms with Gasteiger partial charge in [-0.3, -0.25) is 0 Å². The minimum Gasteiger partial charge on any atom is -0.398 e. The topological polar surface area (TPSA) is 26.0 Å². The Morgan fingerprint density at radius 1 is 0.938 bits per heavy atom. The molecule has 16 heavy (non-hydrogen) atoms. The van der Waals surface area contributed by atoms with Gasteiger partial charge in [0.2, 0.25) is 0 Å². The number of allylic oxidation sites excluding steroid dienone is 1. The zero-order valence-corrected chi connectivity index (χ0v) is 9.35. The van der Waals surface area contributed by atoms with Gasteiger partial charge in [-0.05, 0) is 24.1 Å². The highest BCUT2D eigenvalue weighted by Crippen LogP contribution is 2.27. The molecule has 0 aliphatic carbocycles. The predicted molar refractivity (Wildman–Crippen MR) is 70.0 cm³/mol. The average Bonchev–Trinajstić information content (AvgIpc) is 2.34. The fraction of sp³-hybridized carbons (Fsp3) is 0.0667. The maximum Gasteiger partial charge on any atom is 0.0393 e. The third-order valence-electron chi connectivity index (χ3n) is 2.62.